The van der Waals surface area contributed by atoms with Gasteiger partial charge in [-0.05, 0) is 11.6 Å². The zero-order valence-corrected chi connectivity index (χ0v) is 10.7. The van der Waals surface area contributed by atoms with E-state index in [1.54, 1.807) is 10.8 Å². The summed E-state index contributed by atoms with van der Waals surface area (Å²) >= 11 is 0. The zero-order chi connectivity index (χ0) is 13.5. The number of fused-ring (bicyclic) bond motifs is 1. The van der Waals surface area contributed by atoms with Crippen LogP contribution in [0.15, 0.2) is 6.20 Å². The molecule has 4 N–H and O–H groups in total. The Hall–Kier alpha value is -1.77. The number of anilines is 1. The van der Waals surface area contributed by atoms with E-state index in [1.807, 2.05) is 0 Å². The van der Waals surface area contributed by atoms with Crippen LogP contribution in [0.25, 0.3) is 11.5 Å². The van der Waals surface area contributed by atoms with Crippen molar-refractivity contribution in [3.05, 3.63) is 6.20 Å². The molecule has 10 nitrogen and oxygen atoms in total. The fourth-order valence-corrected chi connectivity index (χ4v) is 3.03. The fourth-order valence-electron chi connectivity index (χ4n) is 2.12. The van der Waals surface area contributed by atoms with Gasteiger partial charge in [0.05, 0.1) is 6.16 Å². The van der Waals surface area contributed by atoms with Crippen molar-refractivity contribution in [2.75, 3.05) is 18.0 Å². The van der Waals surface area contributed by atoms with Gasteiger partial charge in [-0.25, -0.2) is 4.98 Å². The number of aromatic amines is 1. The summed E-state index contributed by atoms with van der Waals surface area (Å²) in [5.41, 5.74) is 0.508. The number of hydrogen-bond donors (Lipinski definition) is 4. The molecule has 1 atom stereocenters. The van der Waals surface area contributed by atoms with Crippen molar-refractivity contribution in [3.63, 3.8) is 0 Å². The van der Waals surface area contributed by atoms with Crippen LogP contribution in [0.2, 0.25) is 0 Å². The fraction of sp³-hybridized carbons (Fsp3) is 0.500. The average molecular weight is 285 g/mol. The van der Waals surface area contributed by atoms with Crippen molar-refractivity contribution < 1.29 is 14.4 Å². The standard InChI is InChI=1S/C8H12N7O3P/c16-19(17,18)4-5-1-2-9-8-10-6(3-15(5)8)7-11-13-14-12-7/h3,5H,1-2,4H2,(H,9,10)(H2,16,17,18)(H,11,12,13,14). The van der Waals surface area contributed by atoms with Crippen LogP contribution >= 0.6 is 7.60 Å². The number of tetrazole rings is 1. The lowest BCUT2D eigenvalue weighted by Gasteiger charge is -2.25. The molecule has 0 aromatic carbocycles. The summed E-state index contributed by atoms with van der Waals surface area (Å²) < 4.78 is 12.9. The normalized spacial score (nSPS) is 18.9. The number of aromatic nitrogens is 6. The number of rotatable bonds is 3. The molecule has 0 aliphatic carbocycles. The van der Waals surface area contributed by atoms with Gasteiger partial charge in [-0.1, -0.05) is 0 Å². The van der Waals surface area contributed by atoms with Crippen LogP contribution in [0.5, 0.6) is 0 Å². The first-order chi connectivity index (χ1) is 9.03. The van der Waals surface area contributed by atoms with Crippen molar-refractivity contribution >= 4 is 13.5 Å². The summed E-state index contributed by atoms with van der Waals surface area (Å²) in [5, 5.41) is 16.5. The molecule has 0 amide bonds. The molecule has 3 heterocycles. The van der Waals surface area contributed by atoms with E-state index >= 15 is 0 Å². The highest BCUT2D eigenvalue weighted by Gasteiger charge is 2.28. The Kier molecular flexibility index (Phi) is 2.85. The predicted molar refractivity (Wildman–Crippen MR) is 64.5 cm³/mol. The Morgan fingerprint density at radius 1 is 1.53 bits per heavy atom. The van der Waals surface area contributed by atoms with E-state index in [9.17, 15) is 4.57 Å². The molecule has 0 radical (unpaired) electrons. The minimum Gasteiger partial charge on any atom is -0.356 e. The monoisotopic (exact) mass is 285 g/mol. The molecule has 0 bridgehead atoms. The van der Waals surface area contributed by atoms with Crippen LogP contribution < -0.4 is 5.32 Å². The molecule has 2 aromatic heterocycles. The molecule has 1 aliphatic rings. The van der Waals surface area contributed by atoms with Crippen LogP contribution in [-0.4, -0.2) is 52.7 Å². The second kappa shape index (κ2) is 4.41. The maximum atomic E-state index is 11.1. The highest BCUT2D eigenvalue weighted by Crippen LogP contribution is 2.41. The highest BCUT2D eigenvalue weighted by atomic mass is 31.2. The number of nitrogens with zero attached hydrogens (tertiary/aromatic N) is 5. The average Bonchev–Trinajstić information content (AvgIpc) is 2.95. The molecule has 11 heteroatoms. The van der Waals surface area contributed by atoms with Gasteiger partial charge in [0.15, 0.2) is 0 Å². The minimum absolute atomic E-state index is 0.205. The molecule has 1 aliphatic heterocycles. The van der Waals surface area contributed by atoms with Gasteiger partial charge in [0.1, 0.15) is 5.69 Å². The van der Waals surface area contributed by atoms with E-state index < -0.39 is 7.60 Å². The molecule has 102 valence electrons. The topological polar surface area (TPSA) is 142 Å². The van der Waals surface area contributed by atoms with Crippen molar-refractivity contribution in [2.24, 2.45) is 0 Å². The summed E-state index contributed by atoms with van der Waals surface area (Å²) in [6.45, 7) is 0.618. The molecule has 0 saturated carbocycles. The molecule has 3 rings (SSSR count). The first kappa shape index (κ1) is 12.3. The summed E-state index contributed by atoms with van der Waals surface area (Å²) in [6.07, 6.45) is 2.09. The highest BCUT2D eigenvalue weighted by molar-refractivity contribution is 7.51. The van der Waals surface area contributed by atoms with Crippen LogP contribution in [0.1, 0.15) is 12.5 Å². The lowest BCUT2D eigenvalue weighted by atomic mass is 10.2. The van der Waals surface area contributed by atoms with Gasteiger partial charge < -0.3 is 19.7 Å². The molecule has 0 saturated heterocycles. The summed E-state index contributed by atoms with van der Waals surface area (Å²) in [4.78, 5) is 22.5. The number of nitrogens with one attached hydrogen (secondary N) is 2. The SMILES string of the molecule is O=P(O)(O)CC1CCNc2nc(-c3nn[nH]n3)cn21. The third-order valence-electron chi connectivity index (χ3n) is 2.91. The van der Waals surface area contributed by atoms with Gasteiger partial charge in [-0.2, -0.15) is 5.21 Å². The summed E-state index contributed by atoms with van der Waals surface area (Å²) in [5.74, 6) is 0.906. The predicted octanol–water partition coefficient (Wildman–Crippen LogP) is -0.402. The summed E-state index contributed by atoms with van der Waals surface area (Å²) in [6, 6.07) is -0.287. The van der Waals surface area contributed by atoms with Crippen LogP contribution in [0, 0.1) is 0 Å². The van der Waals surface area contributed by atoms with Gasteiger partial charge in [-0.15, -0.1) is 10.2 Å². The second-order valence-electron chi connectivity index (χ2n) is 4.31. The van der Waals surface area contributed by atoms with Crippen molar-refractivity contribution in [1.29, 1.82) is 0 Å². The Labute approximate surface area is 107 Å². The van der Waals surface area contributed by atoms with E-state index in [4.69, 9.17) is 9.79 Å². The van der Waals surface area contributed by atoms with E-state index in [0.29, 0.717) is 30.4 Å². The lowest BCUT2D eigenvalue weighted by Crippen LogP contribution is -2.24. The smallest absolute Gasteiger partial charge is 0.327 e. The molecular weight excluding hydrogens is 273 g/mol. The Morgan fingerprint density at radius 3 is 3.05 bits per heavy atom. The molecular formula is C8H12N7O3P. The van der Waals surface area contributed by atoms with Gasteiger partial charge in [0, 0.05) is 18.8 Å². The molecule has 19 heavy (non-hydrogen) atoms. The third kappa shape index (κ3) is 2.50. The number of hydrogen-bond acceptors (Lipinski definition) is 6. The van der Waals surface area contributed by atoms with Crippen LogP contribution in [0.3, 0.4) is 0 Å². The van der Waals surface area contributed by atoms with Gasteiger partial charge in [0.2, 0.25) is 11.8 Å². The minimum atomic E-state index is -4.07. The molecule has 0 spiro atoms. The van der Waals surface area contributed by atoms with Gasteiger partial charge >= 0.3 is 7.60 Å². The Morgan fingerprint density at radius 2 is 2.37 bits per heavy atom. The first-order valence-electron chi connectivity index (χ1n) is 5.64. The maximum Gasteiger partial charge on any atom is 0.327 e. The quantitative estimate of drug-likeness (QED) is 0.558. The molecule has 1 unspecified atom stereocenters. The molecule has 2 aromatic rings. The van der Waals surface area contributed by atoms with Gasteiger partial charge in [0.25, 0.3) is 0 Å². The third-order valence-corrected chi connectivity index (χ3v) is 3.81. The van der Waals surface area contributed by atoms with Gasteiger partial charge in [-0.3, -0.25) is 4.57 Å². The van der Waals surface area contributed by atoms with Crippen molar-refractivity contribution in [3.8, 4) is 11.5 Å². The van der Waals surface area contributed by atoms with Crippen LogP contribution in [-0.2, 0) is 4.57 Å². The first-order valence-corrected chi connectivity index (χ1v) is 7.44. The lowest BCUT2D eigenvalue weighted by molar-refractivity contribution is 0.356. The summed E-state index contributed by atoms with van der Waals surface area (Å²) in [7, 11) is -4.07. The number of H-pyrrole nitrogens is 1. The van der Waals surface area contributed by atoms with Crippen LogP contribution in [0.4, 0.5) is 5.95 Å². The van der Waals surface area contributed by atoms with Crippen molar-refractivity contribution in [1.82, 2.24) is 30.2 Å². The van der Waals surface area contributed by atoms with Crippen molar-refractivity contribution in [2.45, 2.75) is 12.5 Å². The zero-order valence-electron chi connectivity index (χ0n) is 9.76. The largest absolute Gasteiger partial charge is 0.356 e. The Bertz CT molecular complexity index is 618. The van der Waals surface area contributed by atoms with E-state index in [2.05, 4.69) is 30.9 Å². The molecule has 0 fully saturated rings. The number of imidazole rings is 1. The maximum absolute atomic E-state index is 11.1. The van der Waals surface area contributed by atoms with E-state index in [0.717, 1.165) is 0 Å². The Balaban J connectivity index is 1.94. The van der Waals surface area contributed by atoms with E-state index in [1.165, 1.54) is 0 Å². The second-order valence-corrected chi connectivity index (χ2v) is 6.00. The van der Waals surface area contributed by atoms with E-state index in [-0.39, 0.29) is 12.2 Å².